The number of aliphatic hydroxyl groups is 1. The number of nitriles is 3. The minimum absolute atomic E-state index is 0. The molecule has 25 nitrogen and oxygen atoms in total. The smallest absolute Gasteiger partial charge is 0.411 e. The van der Waals surface area contributed by atoms with Crippen molar-refractivity contribution < 1.29 is 88.6 Å². The van der Waals surface area contributed by atoms with Crippen LogP contribution in [0, 0.1) is 51.7 Å². The number of aliphatic hydroxyl groups excluding tert-OH is 1. The van der Waals surface area contributed by atoms with Gasteiger partial charge in [-0.15, -0.1) is 0 Å². The summed E-state index contributed by atoms with van der Waals surface area (Å²) in [5.41, 5.74) is -3.48. The first-order valence-corrected chi connectivity index (χ1v) is 37.0. The third-order valence-electron chi connectivity index (χ3n) is 16.8. The number of allylic oxidation sites excluding steroid dienone is 3. The molecule has 3 aliphatic rings. The van der Waals surface area contributed by atoms with Gasteiger partial charge < -0.3 is 43.6 Å². The molecule has 6 radical (unpaired) electrons. The van der Waals surface area contributed by atoms with Crippen molar-refractivity contribution in [2.45, 2.75) is 241 Å². The van der Waals surface area contributed by atoms with Crippen LogP contribution in [0.25, 0.3) is 33.1 Å². The van der Waals surface area contributed by atoms with E-state index in [0.29, 0.717) is 54.1 Å². The highest BCUT2D eigenvalue weighted by atomic mass is 35.5. The van der Waals surface area contributed by atoms with Crippen LogP contribution in [-0.4, -0.2) is 189 Å². The van der Waals surface area contributed by atoms with Crippen LogP contribution >= 0.6 is 11.6 Å². The zero-order chi connectivity index (χ0) is 87.2. The van der Waals surface area contributed by atoms with Gasteiger partial charge in [0.15, 0.2) is 22.2 Å². The van der Waals surface area contributed by atoms with Gasteiger partial charge in [-0.3, -0.25) is 14.6 Å². The van der Waals surface area contributed by atoms with Gasteiger partial charge in [-0.1, -0.05) is 67.0 Å². The van der Waals surface area contributed by atoms with Gasteiger partial charge >= 0.3 is 47.9 Å². The Bertz CT molecular complexity index is 4670. The quantitative estimate of drug-likeness (QED) is 0.0299. The van der Waals surface area contributed by atoms with Gasteiger partial charge in [0.05, 0.1) is 87.2 Å². The average molecular weight is 1650 g/mol. The lowest BCUT2D eigenvalue weighted by molar-refractivity contribution is -0.162. The number of esters is 3. The Hall–Kier alpha value is -10.0. The molecule has 3 fully saturated rings. The Morgan fingerprint density at radius 1 is 0.504 bits per heavy atom. The standard InChI is InChI=1S/C28H34F2N4O5.C23H26F2N4O3.C16H29NO5.C12H6ClF2N3.2CH4.B4/c1-9-17-20(15-34(25(36)39-27(6,7)8)21(17)24(35)38-26(3,4)5)37-23-22(28(29,30)10-2)32-18-12-11-16(14-31)13-19(18)33-23;1-6-14-17(12-27-18(14)21(30)32-22(3,4)5)31-20-19(23(24,25)7-2)28-15-9-8-13(11-26)10-16(15)29-20;1-8-10-11(18)9-17(14(20)22-16(5,6)7)12(10)13(19)21-15(2,3)4;1-2-12(14,15)10-11(13)18-9-5-7(6-16)3-4-8(9)17-10;;;1-4(2)3/h10-13,17,20-21H,2,9,15H2,1,3-8H3;7-10,14,17-18,27H,2,6,12H2,1,3-5H3;10-12,18H,8-9H2,1-7H3;2-5H,1H2;2*1H4;/t17-,20+,21+;14-,17+,18+;10-,11+,12+;;;;/m111..../s1. The molecular formula is C81H103B4ClF6N12O13. The minimum Gasteiger partial charge on any atom is -0.471 e. The summed E-state index contributed by atoms with van der Waals surface area (Å²) in [4.78, 5) is 90.7. The van der Waals surface area contributed by atoms with E-state index in [2.05, 4.69) is 78.2 Å². The number of likely N-dealkylation sites (tertiary alicyclic amines) is 2. The fourth-order valence-corrected chi connectivity index (χ4v) is 12.2. The number of nitrogens with one attached hydrogen (secondary N) is 1. The third-order valence-corrected chi connectivity index (χ3v) is 17.1. The molecule has 9 rings (SSSR count). The largest absolute Gasteiger partial charge is 0.471 e. The number of benzene rings is 3. The van der Waals surface area contributed by atoms with E-state index in [1.54, 1.807) is 111 Å². The molecule has 3 aliphatic heterocycles. The number of carbonyl (C=O) groups excluding carboxylic acids is 5. The molecule has 36 heteroatoms. The molecular weight excluding hydrogens is 1540 g/mol. The fraction of sp³-hybridized carbons (Fsp3) is 0.531. The van der Waals surface area contributed by atoms with Crippen LogP contribution in [0.1, 0.15) is 193 Å². The highest BCUT2D eigenvalue weighted by Gasteiger charge is 2.53. The molecule has 6 aromatic rings. The number of nitrogens with zero attached hydrogens (tertiary/aromatic N) is 11. The maximum atomic E-state index is 14.9. The minimum atomic E-state index is -3.60. The molecule has 0 unspecified atom stereocenters. The third kappa shape index (κ3) is 28.1. The number of fused-ring (bicyclic) bond motifs is 3. The van der Waals surface area contributed by atoms with Crippen LogP contribution in [0.2, 0.25) is 5.15 Å². The lowest BCUT2D eigenvalue weighted by atomic mass is 9.08. The van der Waals surface area contributed by atoms with Crippen molar-refractivity contribution in [2.24, 2.45) is 17.8 Å². The summed E-state index contributed by atoms with van der Waals surface area (Å²) in [5.74, 6) is -14.1. The van der Waals surface area contributed by atoms with Crippen LogP contribution in [0.3, 0.4) is 0 Å². The molecule has 3 aromatic heterocycles. The van der Waals surface area contributed by atoms with E-state index in [-0.39, 0.29) is 85.4 Å². The molecule has 0 bridgehead atoms. The summed E-state index contributed by atoms with van der Waals surface area (Å²) < 4.78 is 125. The Morgan fingerprint density at radius 2 is 0.821 bits per heavy atom. The Morgan fingerprint density at radius 3 is 1.16 bits per heavy atom. The Labute approximate surface area is 690 Å². The highest BCUT2D eigenvalue weighted by molar-refractivity contribution is 7.49. The molecule has 9 atom stereocenters. The zero-order valence-corrected chi connectivity index (χ0v) is 68.5. The van der Waals surface area contributed by atoms with Gasteiger partial charge in [0.2, 0.25) is 11.8 Å². The van der Waals surface area contributed by atoms with Crippen molar-refractivity contribution in [3.05, 3.63) is 131 Å². The Kier molecular flexibility index (Phi) is 35.4. The van der Waals surface area contributed by atoms with Crippen molar-refractivity contribution in [1.82, 2.24) is 45.0 Å². The first kappa shape index (κ1) is 101. The molecule has 117 heavy (non-hydrogen) atoms. The van der Waals surface area contributed by atoms with Crippen LogP contribution in [0.15, 0.2) is 92.6 Å². The summed E-state index contributed by atoms with van der Waals surface area (Å²) in [7, 11) is 14.0. The lowest BCUT2D eigenvalue weighted by Crippen LogP contribution is -2.47. The second-order valence-electron chi connectivity index (χ2n) is 31.9. The Balaban J connectivity index is 0.000000409. The van der Waals surface area contributed by atoms with Crippen LogP contribution in [-0.2, 0) is 55.8 Å². The van der Waals surface area contributed by atoms with E-state index in [9.17, 15) is 60.7 Å². The predicted octanol–water partition coefficient (Wildman–Crippen LogP) is 14.9. The number of hydrogen-bond acceptors (Lipinski definition) is 23. The van der Waals surface area contributed by atoms with Crippen LogP contribution in [0.4, 0.5) is 35.9 Å². The van der Waals surface area contributed by atoms with E-state index >= 15 is 0 Å². The maximum Gasteiger partial charge on any atom is 0.411 e. The predicted molar refractivity (Wildman–Crippen MR) is 435 cm³/mol. The zero-order valence-electron chi connectivity index (χ0n) is 67.7. The number of ether oxygens (including phenoxy) is 7. The monoisotopic (exact) mass is 1640 g/mol. The molecule has 626 valence electrons. The summed E-state index contributed by atoms with van der Waals surface area (Å²) in [6.45, 7) is 41.3. The highest BCUT2D eigenvalue weighted by Crippen LogP contribution is 2.42. The number of hydrogen-bond donors (Lipinski definition) is 2. The second-order valence-corrected chi connectivity index (χ2v) is 32.2. The van der Waals surface area contributed by atoms with E-state index in [1.807, 2.05) is 32.1 Å². The second kappa shape index (κ2) is 40.9. The first-order valence-electron chi connectivity index (χ1n) is 36.6. The molecule has 6 heterocycles. The SMILES string of the molecule is C.C.C=CC(F)(F)c1nc2ccc(C#N)cc2nc1Cl.C=CC(F)(F)c1nc2ccc(C#N)cc2nc1O[C@H]1CN(C(=O)OC(C)(C)C)[C@H](C(=O)OC(C)(C)C)[C@@H]1CC.C=CC(F)(F)c1nc2ccc(C#N)cc2nc1O[C@H]1CN[C@H](C(=O)OC(C)(C)C)[C@@H]1CC.CC[C@H]1[C@@H](C(=O)OC(C)(C)C)N(C(=O)OC(C)(C)C)C[C@@H]1O.[B]B([B])[B]. The first-order chi connectivity index (χ1) is 53.0. The van der Waals surface area contributed by atoms with E-state index in [4.69, 9.17) is 55.3 Å². The van der Waals surface area contributed by atoms with Gasteiger partial charge in [-0.05, 0) is 196 Å². The van der Waals surface area contributed by atoms with E-state index in [1.165, 1.54) is 64.4 Å². The number of aromatic nitrogens is 6. The van der Waals surface area contributed by atoms with E-state index < -0.39 is 153 Å². The lowest BCUT2D eigenvalue weighted by Gasteiger charge is -2.31. The molecule has 0 saturated carbocycles. The number of alkyl halides is 6. The molecule has 3 saturated heterocycles. The number of halogens is 7. The van der Waals surface area contributed by atoms with Crippen LogP contribution in [0.5, 0.6) is 11.8 Å². The van der Waals surface area contributed by atoms with Crippen LogP contribution < -0.4 is 14.8 Å². The summed E-state index contributed by atoms with van der Waals surface area (Å²) >= 11 is 5.68. The fourth-order valence-electron chi connectivity index (χ4n) is 11.9. The number of rotatable bonds is 16. The molecule has 0 aliphatic carbocycles. The average Bonchev–Trinajstić information content (AvgIpc) is 1.53. The molecule has 2 amide bonds. The number of amides is 2. The van der Waals surface area contributed by atoms with Crippen molar-refractivity contribution in [3.8, 4) is 30.0 Å². The summed E-state index contributed by atoms with van der Waals surface area (Å²) in [6.07, 6.45) is -1.48. The number of β-amino-alcohol motifs (C(OH)–C–C–N with tert-alkyl or cyclic N) is 1. The molecule has 3 aromatic carbocycles. The molecule has 0 spiro atoms. The topological polar surface area (TPSA) is 337 Å². The van der Waals surface area contributed by atoms with Gasteiger partial charge in [0, 0.05) is 53.9 Å². The maximum absolute atomic E-state index is 14.9. The van der Waals surface area contributed by atoms with Gasteiger partial charge in [-0.2, -0.15) is 42.1 Å². The van der Waals surface area contributed by atoms with Crippen molar-refractivity contribution in [1.29, 1.82) is 15.8 Å². The van der Waals surface area contributed by atoms with Gasteiger partial charge in [-0.25, -0.2) is 49.1 Å². The van der Waals surface area contributed by atoms with Gasteiger partial charge in [0.1, 0.15) is 58.3 Å². The van der Waals surface area contributed by atoms with Crippen molar-refractivity contribution >= 4 is 104 Å². The number of carbonyl (C=O) groups is 5. The normalized spacial score (nSPS) is 19.3. The van der Waals surface area contributed by atoms with Gasteiger partial charge in [0.25, 0.3) is 0 Å². The summed E-state index contributed by atoms with van der Waals surface area (Å²) in [6, 6.07) is 16.4. The van der Waals surface area contributed by atoms with E-state index in [0.717, 1.165) is 0 Å². The molecule has 2 N–H and O–H groups in total. The van der Waals surface area contributed by atoms with Crippen molar-refractivity contribution in [3.63, 3.8) is 0 Å². The summed E-state index contributed by atoms with van der Waals surface area (Å²) in [5, 5.41) is 40.0. The van der Waals surface area contributed by atoms with Crippen molar-refractivity contribution in [2.75, 3.05) is 19.6 Å².